The highest BCUT2D eigenvalue weighted by Gasteiger charge is 2.16. The molecule has 0 aliphatic heterocycles. The van der Waals surface area contributed by atoms with E-state index in [4.69, 9.17) is 9.47 Å². The van der Waals surface area contributed by atoms with Gasteiger partial charge < -0.3 is 14.8 Å². The Labute approximate surface area is 110 Å². The summed E-state index contributed by atoms with van der Waals surface area (Å²) >= 11 is 0. The minimum Gasteiger partial charge on any atom is -0.493 e. The molecule has 0 heterocycles. The van der Waals surface area contributed by atoms with E-state index in [1.54, 1.807) is 14.2 Å². The second kappa shape index (κ2) is 6.64. The van der Waals surface area contributed by atoms with Gasteiger partial charge in [-0.3, -0.25) is 0 Å². The molecule has 1 aromatic rings. The molecule has 0 aliphatic rings. The van der Waals surface area contributed by atoms with Crippen LogP contribution in [0.25, 0.3) is 0 Å². The van der Waals surface area contributed by atoms with Crippen LogP contribution in [0.2, 0.25) is 0 Å². The zero-order chi connectivity index (χ0) is 13.6. The van der Waals surface area contributed by atoms with Gasteiger partial charge in [0.05, 0.1) is 14.2 Å². The number of methoxy groups -OCH3 is 2. The van der Waals surface area contributed by atoms with Crippen molar-refractivity contribution in [2.75, 3.05) is 27.8 Å². The zero-order valence-corrected chi connectivity index (χ0v) is 12.2. The summed E-state index contributed by atoms with van der Waals surface area (Å²) < 4.78 is 10.6. The van der Waals surface area contributed by atoms with Gasteiger partial charge in [0.1, 0.15) is 0 Å². The molecule has 0 saturated carbocycles. The lowest BCUT2D eigenvalue weighted by atomic mass is 9.86. The quantitative estimate of drug-likeness (QED) is 0.808. The zero-order valence-electron chi connectivity index (χ0n) is 12.2. The van der Waals surface area contributed by atoms with Crippen molar-refractivity contribution in [2.24, 2.45) is 5.41 Å². The highest BCUT2D eigenvalue weighted by atomic mass is 16.5. The molecule has 0 aromatic heterocycles. The van der Waals surface area contributed by atoms with Crippen LogP contribution < -0.4 is 14.8 Å². The number of benzene rings is 1. The number of rotatable bonds is 7. The van der Waals surface area contributed by atoms with Gasteiger partial charge in [0.25, 0.3) is 0 Å². The molecule has 0 unspecified atom stereocenters. The summed E-state index contributed by atoms with van der Waals surface area (Å²) in [5.41, 5.74) is 1.60. The highest BCUT2D eigenvalue weighted by Crippen LogP contribution is 2.29. The normalized spacial score (nSPS) is 11.4. The molecule has 0 amide bonds. The number of nitrogens with one attached hydrogen (secondary N) is 1. The van der Waals surface area contributed by atoms with Gasteiger partial charge in [0.2, 0.25) is 0 Å². The predicted octanol–water partition coefficient (Wildman–Crippen LogP) is 2.88. The van der Waals surface area contributed by atoms with Gasteiger partial charge in [0.15, 0.2) is 11.5 Å². The Hall–Kier alpha value is -1.22. The van der Waals surface area contributed by atoms with E-state index in [2.05, 4.69) is 31.3 Å². The van der Waals surface area contributed by atoms with Crippen LogP contribution >= 0.6 is 0 Å². The molecule has 0 spiro atoms. The summed E-state index contributed by atoms with van der Waals surface area (Å²) in [6, 6.07) is 6.14. The summed E-state index contributed by atoms with van der Waals surface area (Å²) in [6.07, 6.45) is 2.19. The second-order valence-corrected chi connectivity index (χ2v) is 5.38. The van der Waals surface area contributed by atoms with Crippen LogP contribution in [0.1, 0.15) is 25.8 Å². The molecule has 0 atom stereocenters. The van der Waals surface area contributed by atoms with E-state index in [1.165, 1.54) is 5.56 Å². The van der Waals surface area contributed by atoms with Crippen molar-refractivity contribution < 1.29 is 9.47 Å². The van der Waals surface area contributed by atoms with Crippen molar-refractivity contribution in [1.82, 2.24) is 5.32 Å². The van der Waals surface area contributed by atoms with E-state index in [-0.39, 0.29) is 0 Å². The third kappa shape index (κ3) is 4.22. The number of ether oxygens (including phenoxy) is 2. The number of hydrogen-bond donors (Lipinski definition) is 1. The summed E-state index contributed by atoms with van der Waals surface area (Å²) in [6.45, 7) is 5.59. The maximum atomic E-state index is 5.32. The number of hydrogen-bond acceptors (Lipinski definition) is 3. The van der Waals surface area contributed by atoms with Gasteiger partial charge in [-0.15, -0.1) is 0 Å². The first-order chi connectivity index (χ1) is 8.52. The third-order valence-corrected chi connectivity index (χ3v) is 3.19. The summed E-state index contributed by atoms with van der Waals surface area (Å²) in [5, 5.41) is 3.24. The Kier molecular flexibility index (Phi) is 5.48. The maximum Gasteiger partial charge on any atom is 0.160 e. The van der Waals surface area contributed by atoms with E-state index in [9.17, 15) is 0 Å². The van der Waals surface area contributed by atoms with Crippen molar-refractivity contribution in [3.05, 3.63) is 23.8 Å². The van der Waals surface area contributed by atoms with Crippen LogP contribution in [-0.4, -0.2) is 27.8 Å². The van der Waals surface area contributed by atoms with Crippen LogP contribution in [-0.2, 0) is 6.42 Å². The molecule has 3 nitrogen and oxygen atoms in total. The predicted molar refractivity (Wildman–Crippen MR) is 75.6 cm³/mol. The van der Waals surface area contributed by atoms with Gasteiger partial charge >= 0.3 is 0 Å². The average molecular weight is 251 g/mol. The lowest BCUT2D eigenvalue weighted by molar-refractivity contribution is 0.323. The van der Waals surface area contributed by atoms with E-state index in [1.807, 2.05) is 13.1 Å². The van der Waals surface area contributed by atoms with Crippen LogP contribution in [0.15, 0.2) is 18.2 Å². The lowest BCUT2D eigenvalue weighted by Crippen LogP contribution is -2.27. The number of aryl methyl sites for hydroxylation is 1. The molecule has 0 fully saturated rings. The molecule has 1 N–H and O–H groups in total. The molecular formula is C15H25NO2. The fraction of sp³-hybridized carbons (Fsp3) is 0.600. The third-order valence-electron chi connectivity index (χ3n) is 3.19. The van der Waals surface area contributed by atoms with Crippen molar-refractivity contribution in [3.8, 4) is 11.5 Å². The first kappa shape index (κ1) is 14.8. The van der Waals surface area contributed by atoms with Crippen LogP contribution in [0.3, 0.4) is 0 Å². The minimum atomic E-state index is 0.307. The fourth-order valence-corrected chi connectivity index (χ4v) is 2.09. The van der Waals surface area contributed by atoms with E-state index < -0.39 is 0 Å². The Balaban J connectivity index is 2.68. The maximum absolute atomic E-state index is 5.32. The first-order valence-corrected chi connectivity index (χ1v) is 6.38. The molecule has 0 bridgehead atoms. The van der Waals surface area contributed by atoms with Crippen LogP contribution in [0.5, 0.6) is 11.5 Å². The van der Waals surface area contributed by atoms with Gasteiger partial charge in [-0.1, -0.05) is 19.9 Å². The molecule has 0 radical (unpaired) electrons. The first-order valence-electron chi connectivity index (χ1n) is 6.38. The minimum absolute atomic E-state index is 0.307. The van der Waals surface area contributed by atoms with Gasteiger partial charge in [0, 0.05) is 0 Å². The van der Waals surface area contributed by atoms with Crippen molar-refractivity contribution in [2.45, 2.75) is 26.7 Å². The lowest BCUT2D eigenvalue weighted by Gasteiger charge is -2.24. The standard InChI is InChI=1S/C15H25NO2/c1-15(2,11-16-3)9-8-12-6-7-13(17-4)14(10-12)18-5/h6-7,10,16H,8-9,11H2,1-5H3. The fourth-order valence-electron chi connectivity index (χ4n) is 2.09. The molecule has 102 valence electrons. The summed E-state index contributed by atoms with van der Waals surface area (Å²) in [7, 11) is 5.33. The molecular weight excluding hydrogens is 226 g/mol. The van der Waals surface area contributed by atoms with Gasteiger partial charge in [-0.25, -0.2) is 0 Å². The topological polar surface area (TPSA) is 30.5 Å². The molecule has 0 saturated heterocycles. The Bertz CT molecular complexity index is 375. The second-order valence-electron chi connectivity index (χ2n) is 5.38. The van der Waals surface area contributed by atoms with Crippen molar-refractivity contribution in [1.29, 1.82) is 0 Å². The smallest absolute Gasteiger partial charge is 0.160 e. The Morgan fingerprint density at radius 1 is 1.11 bits per heavy atom. The molecule has 0 aliphatic carbocycles. The Morgan fingerprint density at radius 3 is 2.33 bits per heavy atom. The van der Waals surface area contributed by atoms with Crippen LogP contribution in [0, 0.1) is 5.41 Å². The summed E-state index contributed by atoms with van der Waals surface area (Å²) in [4.78, 5) is 0. The molecule has 1 rings (SSSR count). The van der Waals surface area contributed by atoms with E-state index in [0.29, 0.717) is 5.41 Å². The van der Waals surface area contributed by atoms with Crippen molar-refractivity contribution in [3.63, 3.8) is 0 Å². The monoisotopic (exact) mass is 251 g/mol. The van der Waals surface area contributed by atoms with Gasteiger partial charge in [-0.2, -0.15) is 0 Å². The molecule has 18 heavy (non-hydrogen) atoms. The SMILES string of the molecule is CNCC(C)(C)CCc1ccc(OC)c(OC)c1. The summed E-state index contributed by atoms with van der Waals surface area (Å²) in [5.74, 6) is 1.59. The van der Waals surface area contributed by atoms with E-state index in [0.717, 1.165) is 30.9 Å². The molecule has 3 heteroatoms. The average Bonchev–Trinajstić information content (AvgIpc) is 2.36. The van der Waals surface area contributed by atoms with E-state index >= 15 is 0 Å². The largest absolute Gasteiger partial charge is 0.493 e. The van der Waals surface area contributed by atoms with Crippen molar-refractivity contribution >= 4 is 0 Å². The van der Waals surface area contributed by atoms with Gasteiger partial charge in [-0.05, 0) is 49.5 Å². The highest BCUT2D eigenvalue weighted by molar-refractivity contribution is 5.42. The Morgan fingerprint density at radius 2 is 1.78 bits per heavy atom. The molecule has 1 aromatic carbocycles. The van der Waals surface area contributed by atoms with Crippen LogP contribution in [0.4, 0.5) is 0 Å².